The highest BCUT2D eigenvalue weighted by Gasteiger charge is 2.33. The molecule has 1 heterocycles. The van der Waals surface area contributed by atoms with Gasteiger partial charge in [0.15, 0.2) is 0 Å². The highest BCUT2D eigenvalue weighted by atomic mass is 35.5. The molecule has 0 atom stereocenters. The van der Waals surface area contributed by atoms with Crippen molar-refractivity contribution >= 4 is 44.8 Å². The van der Waals surface area contributed by atoms with Crippen LogP contribution in [0.25, 0.3) is 0 Å². The molecule has 0 N–H and O–H groups in total. The van der Waals surface area contributed by atoms with Crippen molar-refractivity contribution in [2.45, 2.75) is 21.1 Å². The van der Waals surface area contributed by atoms with E-state index in [0.717, 1.165) is 15.4 Å². The molecule has 3 aromatic carbocycles. The number of alkyl halides is 1. The Bertz CT molecular complexity index is 1000. The summed E-state index contributed by atoms with van der Waals surface area (Å²) in [5.74, 6) is 0.510. The first-order valence-electron chi connectivity index (χ1n) is 8.17. The Labute approximate surface area is 162 Å². The zero-order valence-electron chi connectivity index (χ0n) is 13.8. The maximum absolute atomic E-state index is 13.5. The number of hydrogen-bond acceptors (Lipinski definition) is 3. The van der Waals surface area contributed by atoms with E-state index in [1.807, 2.05) is 60.7 Å². The van der Waals surface area contributed by atoms with Crippen molar-refractivity contribution in [3.05, 3.63) is 78.4 Å². The monoisotopic (exact) mass is 401 g/mol. The standard InChI is InChI=1S/C20H16ClNO2S2/c21-14-13-15-9-11-16(12-10-15)26(23,24)22-17-5-1-3-7-19(17)25-20-8-4-2-6-18(20)22/h1-12H,13-14H2. The molecule has 4 rings (SSSR count). The molecular weight excluding hydrogens is 386 g/mol. The van der Waals surface area contributed by atoms with Crippen LogP contribution >= 0.6 is 23.4 Å². The third-order valence-corrected chi connectivity index (χ3v) is 7.29. The first kappa shape index (κ1) is 17.5. The van der Waals surface area contributed by atoms with Gasteiger partial charge in [0.2, 0.25) is 0 Å². The minimum atomic E-state index is -3.73. The number of halogens is 1. The largest absolute Gasteiger partial charge is 0.268 e. The Hall–Kier alpha value is -1.95. The van der Waals surface area contributed by atoms with Crippen molar-refractivity contribution in [1.82, 2.24) is 0 Å². The van der Waals surface area contributed by atoms with Gasteiger partial charge in [0.25, 0.3) is 10.0 Å². The van der Waals surface area contributed by atoms with Gasteiger partial charge < -0.3 is 0 Å². The second-order valence-electron chi connectivity index (χ2n) is 5.89. The summed E-state index contributed by atoms with van der Waals surface area (Å²) < 4.78 is 28.4. The zero-order valence-corrected chi connectivity index (χ0v) is 16.2. The van der Waals surface area contributed by atoms with E-state index >= 15 is 0 Å². The summed E-state index contributed by atoms with van der Waals surface area (Å²) >= 11 is 7.36. The average Bonchev–Trinajstić information content (AvgIpc) is 2.66. The summed E-state index contributed by atoms with van der Waals surface area (Å²) in [7, 11) is -3.73. The van der Waals surface area contributed by atoms with E-state index in [2.05, 4.69) is 0 Å². The van der Waals surface area contributed by atoms with Crippen LogP contribution in [0, 0.1) is 0 Å². The highest BCUT2D eigenvalue weighted by Crippen LogP contribution is 2.49. The van der Waals surface area contributed by atoms with Crippen molar-refractivity contribution in [2.24, 2.45) is 0 Å². The summed E-state index contributed by atoms with van der Waals surface area (Å²) in [5.41, 5.74) is 2.39. The fourth-order valence-electron chi connectivity index (χ4n) is 2.97. The lowest BCUT2D eigenvalue weighted by Crippen LogP contribution is -2.28. The van der Waals surface area contributed by atoms with Gasteiger partial charge in [-0.05, 0) is 48.4 Å². The number of benzene rings is 3. The predicted molar refractivity (Wildman–Crippen MR) is 107 cm³/mol. The topological polar surface area (TPSA) is 37.4 Å². The zero-order chi connectivity index (χ0) is 18.1. The summed E-state index contributed by atoms with van der Waals surface area (Å²) in [6, 6.07) is 22.1. The predicted octanol–water partition coefficient (Wildman–Crippen LogP) is 5.46. The number of fused-ring (bicyclic) bond motifs is 2. The molecule has 0 bridgehead atoms. The van der Waals surface area contributed by atoms with Gasteiger partial charge in [0.1, 0.15) is 0 Å². The van der Waals surface area contributed by atoms with Gasteiger partial charge in [-0.1, -0.05) is 48.2 Å². The van der Waals surface area contributed by atoms with Crippen molar-refractivity contribution in [3.63, 3.8) is 0 Å². The number of hydrogen-bond donors (Lipinski definition) is 0. The number of para-hydroxylation sites is 2. The molecule has 0 unspecified atom stereocenters. The van der Waals surface area contributed by atoms with Crippen molar-refractivity contribution < 1.29 is 8.42 Å². The SMILES string of the molecule is O=S(=O)(c1ccc(CCCl)cc1)N1c2ccccc2Sc2ccccc21. The van der Waals surface area contributed by atoms with Crippen molar-refractivity contribution in [3.8, 4) is 0 Å². The van der Waals surface area contributed by atoms with E-state index in [-0.39, 0.29) is 4.90 Å². The van der Waals surface area contributed by atoms with E-state index in [4.69, 9.17) is 11.6 Å². The van der Waals surface area contributed by atoms with E-state index in [1.165, 1.54) is 4.31 Å². The molecule has 0 saturated heterocycles. The van der Waals surface area contributed by atoms with Crippen LogP contribution in [-0.4, -0.2) is 14.3 Å². The minimum Gasteiger partial charge on any atom is -0.232 e. The number of sulfonamides is 1. The van der Waals surface area contributed by atoms with E-state index in [9.17, 15) is 8.42 Å². The molecule has 3 aromatic rings. The second-order valence-corrected chi connectivity index (χ2v) is 9.14. The molecule has 0 fully saturated rings. The van der Waals surface area contributed by atoms with Gasteiger partial charge in [-0.3, -0.25) is 0 Å². The molecule has 0 saturated carbocycles. The van der Waals surface area contributed by atoms with E-state index in [0.29, 0.717) is 23.7 Å². The van der Waals surface area contributed by atoms with Crippen LogP contribution in [0.1, 0.15) is 5.56 Å². The van der Waals surface area contributed by atoms with Crippen LogP contribution in [0.5, 0.6) is 0 Å². The first-order chi connectivity index (χ1) is 12.6. The Morgan fingerprint density at radius 1 is 0.808 bits per heavy atom. The molecule has 0 aliphatic carbocycles. The molecule has 6 heteroatoms. The summed E-state index contributed by atoms with van der Waals surface area (Å²) in [6.07, 6.45) is 0.716. The summed E-state index contributed by atoms with van der Waals surface area (Å²) in [6.45, 7) is 0. The molecule has 0 aromatic heterocycles. The van der Waals surface area contributed by atoms with Gasteiger partial charge in [0, 0.05) is 15.7 Å². The molecule has 0 spiro atoms. The third kappa shape index (κ3) is 3.00. The fraction of sp³-hybridized carbons (Fsp3) is 0.100. The van der Waals surface area contributed by atoms with Crippen LogP contribution in [0.2, 0.25) is 0 Å². The first-order valence-corrected chi connectivity index (χ1v) is 11.0. The van der Waals surface area contributed by atoms with Gasteiger partial charge >= 0.3 is 0 Å². The van der Waals surface area contributed by atoms with Gasteiger partial charge in [-0.25, -0.2) is 12.7 Å². The smallest absolute Gasteiger partial charge is 0.232 e. The third-order valence-electron chi connectivity index (χ3n) is 4.23. The second kappa shape index (κ2) is 6.99. The van der Waals surface area contributed by atoms with Crippen molar-refractivity contribution in [2.75, 3.05) is 10.2 Å². The number of rotatable bonds is 4. The summed E-state index contributed by atoms with van der Waals surface area (Å²) in [5, 5.41) is 0. The Morgan fingerprint density at radius 3 is 1.88 bits per heavy atom. The quantitative estimate of drug-likeness (QED) is 0.545. The van der Waals surface area contributed by atoms with Crippen LogP contribution in [0.15, 0.2) is 87.5 Å². The lowest BCUT2D eigenvalue weighted by atomic mass is 10.2. The Balaban J connectivity index is 1.86. The molecule has 1 aliphatic rings. The molecule has 3 nitrogen and oxygen atoms in total. The Kier molecular flexibility index (Phi) is 4.69. The van der Waals surface area contributed by atoms with E-state index in [1.54, 1.807) is 23.9 Å². The molecule has 0 amide bonds. The average molecular weight is 402 g/mol. The molecule has 1 aliphatic heterocycles. The molecular formula is C20H16ClNO2S2. The van der Waals surface area contributed by atoms with Crippen LogP contribution < -0.4 is 4.31 Å². The maximum Gasteiger partial charge on any atom is 0.268 e. The fourth-order valence-corrected chi connectivity index (χ4v) is 5.89. The minimum absolute atomic E-state index is 0.271. The number of nitrogens with zero attached hydrogens (tertiary/aromatic N) is 1. The molecule has 132 valence electrons. The van der Waals surface area contributed by atoms with Crippen LogP contribution in [0.3, 0.4) is 0 Å². The van der Waals surface area contributed by atoms with Gasteiger partial charge in [0.05, 0.1) is 16.3 Å². The van der Waals surface area contributed by atoms with Crippen molar-refractivity contribution in [1.29, 1.82) is 0 Å². The maximum atomic E-state index is 13.5. The Morgan fingerprint density at radius 2 is 1.35 bits per heavy atom. The lowest BCUT2D eigenvalue weighted by molar-refractivity contribution is 0.595. The van der Waals surface area contributed by atoms with Gasteiger partial charge in [-0.15, -0.1) is 11.6 Å². The number of aryl methyl sites for hydroxylation is 1. The lowest BCUT2D eigenvalue weighted by Gasteiger charge is -2.31. The van der Waals surface area contributed by atoms with Crippen LogP contribution in [-0.2, 0) is 16.4 Å². The van der Waals surface area contributed by atoms with E-state index < -0.39 is 10.0 Å². The number of anilines is 2. The molecule has 0 radical (unpaired) electrons. The highest BCUT2D eigenvalue weighted by molar-refractivity contribution is 8.00. The summed E-state index contributed by atoms with van der Waals surface area (Å²) in [4.78, 5) is 2.12. The normalized spacial score (nSPS) is 13.2. The van der Waals surface area contributed by atoms with Gasteiger partial charge in [-0.2, -0.15) is 0 Å². The molecule has 26 heavy (non-hydrogen) atoms. The van der Waals surface area contributed by atoms with Crippen LogP contribution in [0.4, 0.5) is 11.4 Å².